The lowest BCUT2D eigenvalue weighted by Crippen LogP contribution is -2.75. The largest absolute Gasteiger partial charge is 0.390 e. The molecule has 0 radical (unpaired) electrons. The number of aliphatic hydroxyl groups is 1. The van der Waals surface area contributed by atoms with Crippen molar-refractivity contribution in [1.29, 1.82) is 0 Å². The van der Waals surface area contributed by atoms with Gasteiger partial charge in [0.25, 0.3) is 0 Å². The zero-order valence-corrected chi connectivity index (χ0v) is 22.2. The van der Waals surface area contributed by atoms with E-state index in [9.17, 15) is 23.1 Å². The van der Waals surface area contributed by atoms with Gasteiger partial charge in [-0.2, -0.15) is 0 Å². The Bertz CT molecular complexity index is 1030. The molecule has 1 spiro atoms. The summed E-state index contributed by atoms with van der Waals surface area (Å²) in [7, 11) is -3.32. The van der Waals surface area contributed by atoms with Crippen molar-refractivity contribution in [2.75, 3.05) is 30.6 Å². The van der Waals surface area contributed by atoms with Crippen molar-refractivity contribution in [3.63, 3.8) is 0 Å². The summed E-state index contributed by atoms with van der Waals surface area (Å²) < 4.78 is 25.3. The van der Waals surface area contributed by atoms with Gasteiger partial charge < -0.3 is 15.3 Å². The Labute approximate surface area is 214 Å². The van der Waals surface area contributed by atoms with E-state index in [1.165, 1.54) is 0 Å². The predicted molar refractivity (Wildman–Crippen MR) is 139 cm³/mol. The van der Waals surface area contributed by atoms with E-state index in [-0.39, 0.29) is 17.7 Å². The lowest BCUT2D eigenvalue weighted by molar-refractivity contribution is -0.165. The van der Waals surface area contributed by atoms with E-state index in [1.54, 1.807) is 17.0 Å². The van der Waals surface area contributed by atoms with E-state index < -0.39 is 27.7 Å². The number of rotatable bonds is 8. The summed E-state index contributed by atoms with van der Waals surface area (Å²) >= 11 is 0. The van der Waals surface area contributed by atoms with E-state index in [0.717, 1.165) is 50.3 Å². The van der Waals surface area contributed by atoms with Crippen molar-refractivity contribution < 1.29 is 23.1 Å². The van der Waals surface area contributed by atoms with Gasteiger partial charge in [0.05, 0.1) is 12.4 Å². The second-order valence-corrected chi connectivity index (χ2v) is 12.5. The van der Waals surface area contributed by atoms with Crippen LogP contribution < -0.4 is 10.0 Å². The van der Waals surface area contributed by atoms with Crippen LogP contribution in [0.15, 0.2) is 24.3 Å². The summed E-state index contributed by atoms with van der Waals surface area (Å²) in [6.07, 6.45) is 7.23. The normalized spacial score (nSPS) is 24.5. The number of hydrogen-bond acceptors (Lipinski definition) is 6. The Morgan fingerprint density at radius 1 is 1.11 bits per heavy atom. The number of piperazine rings is 1. The van der Waals surface area contributed by atoms with Crippen LogP contribution in [0.4, 0.5) is 5.69 Å². The zero-order chi connectivity index (χ0) is 25.9. The fourth-order valence-electron chi connectivity index (χ4n) is 6.09. The third kappa shape index (κ3) is 5.86. The highest BCUT2D eigenvalue weighted by atomic mass is 32.2. The number of amides is 2. The Balaban J connectivity index is 1.41. The highest BCUT2D eigenvalue weighted by Crippen LogP contribution is 2.36. The standard InChI is InChI=1S/C26H40N4O5S/c1-3-15-30-24(32)22(23(31)20-7-5-4-6-8-20)27-25(33)26(30)13-16-29(17-14-26)18-19-9-11-21(12-10-19)28-36(2,34)35/h9-12,20,22-23,28,31H,3-8,13-18H2,1-2H3,(H,27,33)/t22-,23-/m1/s1. The molecular weight excluding hydrogens is 480 g/mol. The first kappa shape index (κ1) is 26.9. The first-order valence-corrected chi connectivity index (χ1v) is 15.1. The first-order chi connectivity index (χ1) is 17.1. The van der Waals surface area contributed by atoms with Gasteiger partial charge in [0.2, 0.25) is 21.8 Å². The van der Waals surface area contributed by atoms with E-state index in [2.05, 4.69) is 14.9 Å². The Hall–Kier alpha value is -2.17. The number of aliphatic hydroxyl groups excluding tert-OH is 1. The average molecular weight is 521 g/mol. The minimum absolute atomic E-state index is 0.0615. The van der Waals surface area contributed by atoms with Crippen LogP contribution in [0.1, 0.15) is 63.9 Å². The number of sulfonamides is 1. The number of carbonyl (C=O) groups excluding carboxylic acids is 2. The summed E-state index contributed by atoms with van der Waals surface area (Å²) in [5.74, 6) is -0.213. The van der Waals surface area contributed by atoms with Crippen LogP contribution >= 0.6 is 0 Å². The third-order valence-corrected chi connectivity index (χ3v) is 8.63. The monoisotopic (exact) mass is 520 g/mol. The Morgan fingerprint density at radius 3 is 2.33 bits per heavy atom. The molecule has 1 aliphatic carbocycles. The smallest absolute Gasteiger partial charge is 0.248 e. The third-order valence-electron chi connectivity index (χ3n) is 8.03. The summed E-state index contributed by atoms with van der Waals surface area (Å²) in [5, 5.41) is 14.0. The minimum Gasteiger partial charge on any atom is -0.390 e. The Morgan fingerprint density at radius 2 is 1.75 bits per heavy atom. The molecule has 3 fully saturated rings. The highest BCUT2D eigenvalue weighted by molar-refractivity contribution is 7.92. The molecule has 3 N–H and O–H groups in total. The van der Waals surface area contributed by atoms with Crippen molar-refractivity contribution in [2.24, 2.45) is 5.92 Å². The van der Waals surface area contributed by atoms with Gasteiger partial charge in [-0.3, -0.25) is 19.2 Å². The summed E-state index contributed by atoms with van der Waals surface area (Å²) in [6.45, 7) is 4.54. The molecule has 3 aliphatic rings. The van der Waals surface area contributed by atoms with Crippen LogP contribution in [-0.4, -0.2) is 78.7 Å². The molecule has 9 nitrogen and oxygen atoms in total. The van der Waals surface area contributed by atoms with Gasteiger partial charge in [0, 0.05) is 31.9 Å². The molecule has 2 heterocycles. The minimum atomic E-state index is -3.32. The van der Waals surface area contributed by atoms with Crippen LogP contribution in [0.25, 0.3) is 0 Å². The van der Waals surface area contributed by atoms with Gasteiger partial charge in [-0.05, 0) is 55.7 Å². The van der Waals surface area contributed by atoms with Gasteiger partial charge in [-0.25, -0.2) is 8.42 Å². The van der Waals surface area contributed by atoms with E-state index in [4.69, 9.17) is 0 Å². The van der Waals surface area contributed by atoms with E-state index in [1.807, 2.05) is 19.1 Å². The first-order valence-electron chi connectivity index (χ1n) is 13.2. The lowest BCUT2D eigenvalue weighted by Gasteiger charge is -2.52. The molecule has 0 aromatic heterocycles. The lowest BCUT2D eigenvalue weighted by atomic mass is 9.78. The van der Waals surface area contributed by atoms with Crippen LogP contribution in [0.5, 0.6) is 0 Å². The molecule has 2 saturated heterocycles. The van der Waals surface area contributed by atoms with Crippen LogP contribution in [-0.2, 0) is 26.2 Å². The number of anilines is 1. The number of benzene rings is 1. The number of nitrogens with zero attached hydrogens (tertiary/aromatic N) is 2. The molecule has 2 atom stereocenters. The van der Waals surface area contributed by atoms with Crippen molar-refractivity contribution in [2.45, 2.75) is 82.5 Å². The van der Waals surface area contributed by atoms with Gasteiger partial charge in [-0.15, -0.1) is 0 Å². The molecule has 1 aromatic carbocycles. The molecule has 36 heavy (non-hydrogen) atoms. The molecule has 2 aliphatic heterocycles. The molecule has 2 amide bonds. The fraction of sp³-hybridized carbons (Fsp3) is 0.692. The molecule has 1 aromatic rings. The summed E-state index contributed by atoms with van der Waals surface area (Å²) in [5.41, 5.74) is 0.710. The SMILES string of the molecule is CCCN1C(=O)[C@@H]([C@H](O)C2CCCCC2)NC(=O)C12CCN(Cc1ccc(NS(C)(=O)=O)cc1)CC2. The summed E-state index contributed by atoms with van der Waals surface area (Å²) in [4.78, 5) is 31.2. The van der Waals surface area contributed by atoms with Crippen molar-refractivity contribution in [3.05, 3.63) is 29.8 Å². The predicted octanol–water partition coefficient (Wildman–Crippen LogP) is 2.07. The molecule has 4 rings (SSSR count). The van der Waals surface area contributed by atoms with E-state index in [0.29, 0.717) is 44.7 Å². The quantitative estimate of drug-likeness (QED) is 0.483. The maximum Gasteiger partial charge on any atom is 0.248 e. The maximum atomic E-state index is 13.6. The second-order valence-electron chi connectivity index (χ2n) is 10.7. The topological polar surface area (TPSA) is 119 Å². The zero-order valence-electron chi connectivity index (χ0n) is 21.4. The second kappa shape index (κ2) is 11.1. The summed E-state index contributed by atoms with van der Waals surface area (Å²) in [6, 6.07) is 6.44. The molecular formula is C26H40N4O5S. The van der Waals surface area contributed by atoms with Crippen molar-refractivity contribution >= 4 is 27.5 Å². The maximum absolute atomic E-state index is 13.6. The number of nitrogens with one attached hydrogen (secondary N) is 2. The van der Waals surface area contributed by atoms with E-state index >= 15 is 0 Å². The average Bonchev–Trinajstić information content (AvgIpc) is 2.86. The van der Waals surface area contributed by atoms with Gasteiger partial charge in [0.1, 0.15) is 11.6 Å². The van der Waals surface area contributed by atoms with Gasteiger partial charge >= 0.3 is 0 Å². The molecule has 0 bridgehead atoms. The molecule has 1 saturated carbocycles. The fourth-order valence-corrected chi connectivity index (χ4v) is 6.66. The Kier molecular flexibility index (Phi) is 8.26. The number of hydrogen-bond donors (Lipinski definition) is 3. The van der Waals surface area contributed by atoms with Gasteiger partial charge in [-0.1, -0.05) is 38.3 Å². The number of likely N-dealkylation sites (tertiary alicyclic amines) is 1. The molecule has 200 valence electrons. The van der Waals surface area contributed by atoms with Crippen LogP contribution in [0, 0.1) is 5.92 Å². The number of piperidine rings is 1. The highest BCUT2D eigenvalue weighted by Gasteiger charge is 2.55. The number of carbonyl (C=O) groups is 2. The van der Waals surface area contributed by atoms with Crippen LogP contribution in [0.3, 0.4) is 0 Å². The van der Waals surface area contributed by atoms with Gasteiger partial charge in [0.15, 0.2) is 0 Å². The van der Waals surface area contributed by atoms with Crippen molar-refractivity contribution in [3.8, 4) is 0 Å². The molecule has 0 unspecified atom stereocenters. The van der Waals surface area contributed by atoms with Crippen molar-refractivity contribution in [1.82, 2.24) is 15.1 Å². The van der Waals surface area contributed by atoms with Crippen LogP contribution in [0.2, 0.25) is 0 Å². The molecule has 10 heteroatoms.